The first-order valence-corrected chi connectivity index (χ1v) is 12.5. The van der Waals surface area contributed by atoms with Gasteiger partial charge in [-0.15, -0.1) is 0 Å². The SMILES string of the molecule is C/C=C\C=C/C(C)CN1CCC(N=C2Nc3c(cnn3C)C(Nc3cccc(OC)c3)N2C)CC1. The lowest BCUT2D eigenvalue weighted by molar-refractivity contribution is 0.199. The van der Waals surface area contributed by atoms with E-state index in [9.17, 15) is 0 Å². The van der Waals surface area contributed by atoms with Crippen molar-refractivity contribution in [3.8, 4) is 5.75 Å². The maximum atomic E-state index is 5.41. The van der Waals surface area contributed by atoms with Crippen LogP contribution >= 0.6 is 0 Å². The number of guanidine groups is 1. The number of piperidine rings is 1. The van der Waals surface area contributed by atoms with Crippen LogP contribution in [0.3, 0.4) is 0 Å². The van der Waals surface area contributed by atoms with E-state index < -0.39 is 0 Å². The Morgan fingerprint density at radius 1 is 1.26 bits per heavy atom. The number of anilines is 2. The zero-order valence-corrected chi connectivity index (χ0v) is 21.6. The van der Waals surface area contributed by atoms with Gasteiger partial charge < -0.3 is 25.2 Å². The summed E-state index contributed by atoms with van der Waals surface area (Å²) in [6.45, 7) is 7.59. The van der Waals surface area contributed by atoms with Gasteiger partial charge in [0.1, 0.15) is 17.7 Å². The zero-order chi connectivity index (χ0) is 24.8. The van der Waals surface area contributed by atoms with Gasteiger partial charge in [0.15, 0.2) is 0 Å². The Morgan fingerprint density at radius 3 is 2.80 bits per heavy atom. The van der Waals surface area contributed by atoms with Gasteiger partial charge in [-0.25, -0.2) is 4.99 Å². The first-order chi connectivity index (χ1) is 17.0. The van der Waals surface area contributed by atoms with Gasteiger partial charge in [-0.1, -0.05) is 37.3 Å². The third-order valence-corrected chi connectivity index (χ3v) is 6.74. The zero-order valence-electron chi connectivity index (χ0n) is 21.6. The fourth-order valence-electron chi connectivity index (χ4n) is 4.74. The van der Waals surface area contributed by atoms with E-state index >= 15 is 0 Å². The van der Waals surface area contributed by atoms with Crippen LogP contribution in [0.5, 0.6) is 5.75 Å². The first kappa shape index (κ1) is 24.9. The molecule has 2 N–H and O–H groups in total. The van der Waals surface area contributed by atoms with Gasteiger partial charge in [-0.3, -0.25) is 4.68 Å². The molecule has 0 amide bonds. The van der Waals surface area contributed by atoms with Crippen LogP contribution in [0.1, 0.15) is 38.4 Å². The molecule has 188 valence electrons. The molecule has 3 heterocycles. The molecule has 4 rings (SSSR count). The average molecular weight is 478 g/mol. The largest absolute Gasteiger partial charge is 0.497 e. The van der Waals surface area contributed by atoms with Crippen LogP contribution in [0.15, 0.2) is 59.8 Å². The van der Waals surface area contributed by atoms with Crippen molar-refractivity contribution in [3.63, 3.8) is 0 Å². The first-order valence-electron chi connectivity index (χ1n) is 12.5. The minimum absolute atomic E-state index is 0.0873. The van der Waals surface area contributed by atoms with Crippen molar-refractivity contribution in [3.05, 3.63) is 60.3 Å². The molecule has 1 fully saturated rings. The Kier molecular flexibility index (Phi) is 8.13. The molecule has 0 aliphatic carbocycles. The smallest absolute Gasteiger partial charge is 0.201 e. The third-order valence-electron chi connectivity index (χ3n) is 6.74. The molecule has 2 aliphatic heterocycles. The third kappa shape index (κ3) is 6.06. The fourth-order valence-corrected chi connectivity index (χ4v) is 4.74. The molecule has 8 heteroatoms. The average Bonchev–Trinajstić information content (AvgIpc) is 3.23. The van der Waals surface area contributed by atoms with Crippen LogP contribution in [0.4, 0.5) is 11.5 Å². The number of nitrogens with one attached hydrogen (secondary N) is 2. The standard InChI is InChI=1S/C27H39N7O/c1-6-7-8-10-20(2)19-34-15-13-21(14-16-34)30-27-31-26-24(18-28-33(26)4)25(32(27)3)29-22-11-9-12-23(17-22)35-5/h6-12,17-18,20-21,25,29H,13-16,19H2,1-5H3,(H,30,31)/b7-6-,10-8-. The summed E-state index contributed by atoms with van der Waals surface area (Å²) in [6.07, 6.45) is 12.6. The van der Waals surface area contributed by atoms with E-state index in [1.807, 2.05) is 43.0 Å². The molecule has 2 aliphatic rings. The Balaban J connectivity index is 1.44. The molecule has 1 aromatic carbocycles. The highest BCUT2D eigenvalue weighted by molar-refractivity contribution is 5.96. The second kappa shape index (κ2) is 11.4. The minimum Gasteiger partial charge on any atom is -0.497 e. The number of ether oxygens (including phenoxy) is 1. The van der Waals surface area contributed by atoms with E-state index in [1.165, 1.54) is 0 Å². The summed E-state index contributed by atoms with van der Waals surface area (Å²) in [6, 6.07) is 8.30. The fraction of sp³-hybridized carbons (Fsp3) is 0.481. The van der Waals surface area contributed by atoms with E-state index in [0.29, 0.717) is 12.0 Å². The Hall–Kier alpha value is -3.26. The lowest BCUT2D eigenvalue weighted by Crippen LogP contribution is -2.45. The monoisotopic (exact) mass is 477 g/mol. The molecule has 0 radical (unpaired) electrons. The van der Waals surface area contributed by atoms with Crippen LogP contribution in [0.2, 0.25) is 0 Å². The van der Waals surface area contributed by atoms with Crippen LogP contribution in [-0.4, -0.2) is 65.4 Å². The summed E-state index contributed by atoms with van der Waals surface area (Å²) in [5, 5.41) is 11.7. The predicted molar refractivity (Wildman–Crippen MR) is 144 cm³/mol. The van der Waals surface area contributed by atoms with Crippen molar-refractivity contribution < 1.29 is 4.74 Å². The van der Waals surface area contributed by atoms with Gasteiger partial charge in [-0.2, -0.15) is 5.10 Å². The number of nitrogens with zero attached hydrogens (tertiary/aromatic N) is 5. The maximum absolute atomic E-state index is 5.41. The summed E-state index contributed by atoms with van der Waals surface area (Å²) >= 11 is 0. The summed E-state index contributed by atoms with van der Waals surface area (Å²) < 4.78 is 7.28. The number of fused-ring (bicyclic) bond motifs is 1. The minimum atomic E-state index is -0.0873. The highest BCUT2D eigenvalue weighted by Gasteiger charge is 2.32. The van der Waals surface area contributed by atoms with Gasteiger partial charge >= 0.3 is 0 Å². The molecular formula is C27H39N7O. The van der Waals surface area contributed by atoms with Crippen LogP contribution in [-0.2, 0) is 7.05 Å². The van der Waals surface area contributed by atoms with E-state index in [-0.39, 0.29) is 6.17 Å². The number of rotatable bonds is 8. The molecule has 0 saturated carbocycles. The molecule has 2 unspecified atom stereocenters. The molecule has 2 atom stereocenters. The van der Waals surface area contributed by atoms with E-state index in [4.69, 9.17) is 9.73 Å². The van der Waals surface area contributed by atoms with E-state index in [1.54, 1.807) is 7.11 Å². The van der Waals surface area contributed by atoms with Crippen molar-refractivity contribution in [2.24, 2.45) is 18.0 Å². The molecule has 8 nitrogen and oxygen atoms in total. The van der Waals surface area contributed by atoms with Crippen LogP contribution in [0, 0.1) is 5.92 Å². The number of hydrogen-bond acceptors (Lipinski definition) is 5. The number of allylic oxidation sites excluding steroid dienone is 3. The second-order valence-electron chi connectivity index (χ2n) is 9.46. The molecule has 35 heavy (non-hydrogen) atoms. The quantitative estimate of drug-likeness (QED) is 0.546. The number of aromatic nitrogens is 2. The molecule has 0 spiro atoms. The topological polar surface area (TPSA) is 69.9 Å². The van der Waals surface area contributed by atoms with Crippen molar-refractivity contribution in [2.75, 3.05) is 44.4 Å². The van der Waals surface area contributed by atoms with Crippen molar-refractivity contribution in [1.29, 1.82) is 0 Å². The van der Waals surface area contributed by atoms with Gasteiger partial charge in [-0.05, 0) is 37.8 Å². The number of aryl methyl sites for hydroxylation is 1. The predicted octanol–water partition coefficient (Wildman–Crippen LogP) is 4.49. The summed E-state index contributed by atoms with van der Waals surface area (Å²) in [5.74, 6) is 3.22. The van der Waals surface area contributed by atoms with Crippen molar-refractivity contribution >= 4 is 17.5 Å². The lowest BCUT2D eigenvalue weighted by atomic mass is 10.0. The van der Waals surface area contributed by atoms with Crippen LogP contribution in [0.25, 0.3) is 0 Å². The number of methoxy groups -OCH3 is 1. The Bertz CT molecular complexity index is 1070. The van der Waals surface area contributed by atoms with Gasteiger partial charge in [0, 0.05) is 45.5 Å². The van der Waals surface area contributed by atoms with Gasteiger partial charge in [0.25, 0.3) is 0 Å². The Morgan fingerprint density at radius 2 is 2.06 bits per heavy atom. The molecule has 1 aromatic heterocycles. The summed E-state index contributed by atoms with van der Waals surface area (Å²) in [4.78, 5) is 9.90. The molecule has 1 saturated heterocycles. The molecule has 2 aromatic rings. The van der Waals surface area contributed by atoms with E-state index in [0.717, 1.165) is 61.3 Å². The van der Waals surface area contributed by atoms with Gasteiger partial charge in [0.2, 0.25) is 5.96 Å². The normalized spacial score (nSPS) is 21.5. The molecular weight excluding hydrogens is 438 g/mol. The number of hydrogen-bond donors (Lipinski definition) is 2. The van der Waals surface area contributed by atoms with Crippen molar-refractivity contribution in [2.45, 2.75) is 38.9 Å². The summed E-state index contributed by atoms with van der Waals surface area (Å²) in [7, 11) is 5.72. The second-order valence-corrected chi connectivity index (χ2v) is 9.46. The highest BCUT2D eigenvalue weighted by atomic mass is 16.5. The molecule has 0 bridgehead atoms. The number of aliphatic imine (C=N–C) groups is 1. The van der Waals surface area contributed by atoms with Crippen LogP contribution < -0.4 is 15.4 Å². The highest BCUT2D eigenvalue weighted by Crippen LogP contribution is 2.33. The maximum Gasteiger partial charge on any atom is 0.201 e. The lowest BCUT2D eigenvalue weighted by Gasteiger charge is -2.38. The van der Waals surface area contributed by atoms with E-state index in [2.05, 4.69) is 69.9 Å². The van der Waals surface area contributed by atoms with Crippen molar-refractivity contribution in [1.82, 2.24) is 19.6 Å². The Labute approximate surface area is 209 Å². The summed E-state index contributed by atoms with van der Waals surface area (Å²) in [5.41, 5.74) is 2.08. The number of benzene rings is 1. The number of likely N-dealkylation sites (tertiary alicyclic amines) is 1. The van der Waals surface area contributed by atoms with Gasteiger partial charge in [0.05, 0.1) is 24.9 Å².